The van der Waals surface area contributed by atoms with E-state index in [1.54, 1.807) is 0 Å². The van der Waals surface area contributed by atoms with Gasteiger partial charge < -0.3 is 27.9 Å². The lowest BCUT2D eigenvalue weighted by Gasteiger charge is -2.28. The summed E-state index contributed by atoms with van der Waals surface area (Å²) in [5, 5.41) is 0. The van der Waals surface area contributed by atoms with E-state index >= 15 is 0 Å². The molecule has 0 bridgehead atoms. The summed E-state index contributed by atoms with van der Waals surface area (Å²) in [7, 11) is 1.19. The molecule has 0 amide bonds. The van der Waals surface area contributed by atoms with Crippen LogP contribution in [0, 0.1) is 0 Å². The van der Waals surface area contributed by atoms with E-state index in [-0.39, 0.29) is 32.0 Å². The van der Waals surface area contributed by atoms with E-state index in [4.69, 9.17) is 18.5 Å². The molecule has 0 aliphatic carbocycles. The molecule has 0 aromatic rings. The van der Waals surface area contributed by atoms with Crippen LogP contribution in [0.3, 0.4) is 0 Å². The molecule has 0 fully saturated rings. The van der Waals surface area contributed by atoms with Gasteiger partial charge in [0.25, 0.3) is 7.82 Å². The van der Waals surface area contributed by atoms with Gasteiger partial charge in [0.2, 0.25) is 0 Å². The highest BCUT2D eigenvalue weighted by atomic mass is 31.2. The van der Waals surface area contributed by atoms with Crippen molar-refractivity contribution >= 4 is 19.8 Å². The van der Waals surface area contributed by atoms with Gasteiger partial charge in [-0.05, 0) is 51.4 Å². The number of phosphoric ester groups is 1. The molecule has 0 aromatic heterocycles. The van der Waals surface area contributed by atoms with E-state index in [0.29, 0.717) is 17.4 Å². The molecule has 9 nitrogen and oxygen atoms in total. The van der Waals surface area contributed by atoms with Crippen LogP contribution >= 0.6 is 7.82 Å². The summed E-state index contributed by atoms with van der Waals surface area (Å²) in [5.74, 6) is -0.806. The Balaban J connectivity index is 3.88. The molecule has 0 aliphatic heterocycles. The first-order valence-electron chi connectivity index (χ1n) is 38.7. The highest BCUT2D eigenvalue weighted by Gasteiger charge is 2.22. The average molecular weight is 1260 g/mol. The van der Waals surface area contributed by atoms with Crippen molar-refractivity contribution in [1.82, 2.24) is 0 Å². The minimum Gasteiger partial charge on any atom is -0.756 e. The van der Waals surface area contributed by atoms with Gasteiger partial charge in [0.15, 0.2) is 6.10 Å². The van der Waals surface area contributed by atoms with Crippen molar-refractivity contribution in [2.75, 3.05) is 47.5 Å². The summed E-state index contributed by atoms with van der Waals surface area (Å²) in [6, 6.07) is 0. The quantitative estimate of drug-likeness (QED) is 0.0195. The zero-order valence-corrected chi connectivity index (χ0v) is 60.4. The van der Waals surface area contributed by atoms with Gasteiger partial charge in [0.05, 0.1) is 27.7 Å². The van der Waals surface area contributed by atoms with Gasteiger partial charge >= 0.3 is 11.9 Å². The Bertz CT molecular complexity index is 1580. The molecule has 0 N–H and O–H groups in total. The topological polar surface area (TPSA) is 111 Å². The first kappa shape index (κ1) is 86.2. The fourth-order valence-electron chi connectivity index (χ4n) is 11.7. The summed E-state index contributed by atoms with van der Waals surface area (Å²) in [6.07, 6.45) is 89.8. The molecule has 0 heterocycles. The normalized spacial score (nSPS) is 13.2. The second kappa shape index (κ2) is 69.6. The van der Waals surface area contributed by atoms with Crippen molar-refractivity contribution in [2.45, 2.75) is 405 Å². The molecule has 0 aliphatic rings. The second-order valence-corrected chi connectivity index (χ2v) is 29.1. The number of likely N-dealkylation sites (N-methyl/N-ethyl adjacent to an activating group) is 1. The van der Waals surface area contributed by atoms with Crippen LogP contribution in [-0.4, -0.2) is 70.0 Å². The van der Waals surface area contributed by atoms with Crippen LogP contribution in [0.4, 0.5) is 0 Å². The Labute approximate surface area is 548 Å². The number of nitrogens with zero attached hydrogens (tertiary/aromatic N) is 1. The highest BCUT2D eigenvalue weighted by molar-refractivity contribution is 7.45. The third-order valence-electron chi connectivity index (χ3n) is 17.7. The minimum absolute atomic E-state index is 0.0266. The van der Waals surface area contributed by atoms with E-state index in [2.05, 4.69) is 50.3 Å². The second-order valence-electron chi connectivity index (χ2n) is 27.7. The van der Waals surface area contributed by atoms with Crippen molar-refractivity contribution in [3.05, 3.63) is 36.5 Å². The van der Waals surface area contributed by atoms with Crippen LogP contribution in [0.1, 0.15) is 399 Å². The number of esters is 2. The SMILES string of the molecule is CCCCCCC/C=C\C/C=C\C/C=C\CCCCCCCCCCCCCCCCCCCCCCCCCCCCC(=O)OC(COC(=O)CCCCCCCCCCCCCCCCCCCCCCCCC)COP(=O)([O-])OCC[N+](C)(C)C. The fourth-order valence-corrected chi connectivity index (χ4v) is 12.5. The van der Waals surface area contributed by atoms with Crippen LogP contribution < -0.4 is 4.89 Å². The smallest absolute Gasteiger partial charge is 0.306 e. The highest BCUT2D eigenvalue weighted by Crippen LogP contribution is 2.38. The third-order valence-corrected chi connectivity index (χ3v) is 18.6. The standard InChI is InChI=1S/C78H150NO8P/c1-6-8-10-12-14-16-18-20-22-24-26-28-30-31-32-33-34-35-36-37-38-39-40-41-42-43-44-45-46-47-49-51-53-55-57-59-61-63-65-67-69-71-78(81)87-76(75-86-88(82,83)85-73-72-79(3,4)5)74-84-77(80)70-68-66-64-62-60-58-56-54-52-50-48-29-27-25-23-21-19-17-15-13-11-9-7-2/h18,20,24,26,30-31,76H,6-17,19,21-23,25,27-29,32-75H2,1-5H3/b20-18-,26-24-,31-30-. The van der Waals surface area contributed by atoms with Crippen LogP contribution in [0.2, 0.25) is 0 Å². The molecular formula is C78H150NO8P. The molecule has 0 spiro atoms. The van der Waals surface area contributed by atoms with Gasteiger partial charge in [-0.1, -0.05) is 371 Å². The van der Waals surface area contributed by atoms with E-state index < -0.39 is 26.5 Å². The molecule has 0 saturated heterocycles. The van der Waals surface area contributed by atoms with Crippen molar-refractivity contribution in [1.29, 1.82) is 0 Å². The molecule has 2 unspecified atom stereocenters. The predicted octanol–water partition coefficient (Wildman–Crippen LogP) is 24.8. The maximum absolute atomic E-state index is 12.9. The number of quaternary nitrogens is 1. The number of ether oxygens (including phenoxy) is 2. The van der Waals surface area contributed by atoms with Crippen LogP contribution in [0.25, 0.3) is 0 Å². The number of carbonyl (C=O) groups excluding carboxylic acids is 2. The van der Waals surface area contributed by atoms with Crippen LogP contribution in [0.15, 0.2) is 36.5 Å². The van der Waals surface area contributed by atoms with Crippen LogP contribution in [-0.2, 0) is 32.7 Å². The van der Waals surface area contributed by atoms with E-state index in [0.717, 1.165) is 44.9 Å². The fraction of sp³-hybridized carbons (Fsp3) is 0.897. The summed E-state index contributed by atoms with van der Waals surface area (Å²) >= 11 is 0. The lowest BCUT2D eigenvalue weighted by Crippen LogP contribution is -2.37. The van der Waals surface area contributed by atoms with E-state index in [1.807, 2.05) is 21.1 Å². The number of unbranched alkanes of at least 4 members (excludes halogenated alkanes) is 53. The number of hydrogen-bond acceptors (Lipinski definition) is 8. The Hall–Kier alpha value is -1.77. The number of rotatable bonds is 73. The molecule has 520 valence electrons. The van der Waals surface area contributed by atoms with Gasteiger partial charge in [-0.15, -0.1) is 0 Å². The van der Waals surface area contributed by atoms with Crippen molar-refractivity contribution in [3.8, 4) is 0 Å². The number of phosphoric acid groups is 1. The largest absolute Gasteiger partial charge is 0.756 e. The van der Waals surface area contributed by atoms with Crippen molar-refractivity contribution in [2.24, 2.45) is 0 Å². The molecule has 2 atom stereocenters. The monoisotopic (exact) mass is 1260 g/mol. The van der Waals surface area contributed by atoms with Gasteiger partial charge in [-0.3, -0.25) is 14.2 Å². The Morgan fingerprint density at radius 1 is 0.352 bits per heavy atom. The predicted molar refractivity (Wildman–Crippen MR) is 379 cm³/mol. The zero-order valence-electron chi connectivity index (χ0n) is 59.5. The Morgan fingerprint density at radius 2 is 0.614 bits per heavy atom. The molecule has 0 radical (unpaired) electrons. The summed E-state index contributed by atoms with van der Waals surface area (Å²) < 4.78 is 34.4. The van der Waals surface area contributed by atoms with Crippen LogP contribution in [0.5, 0.6) is 0 Å². The lowest BCUT2D eigenvalue weighted by molar-refractivity contribution is -0.870. The number of hydrogen-bond donors (Lipinski definition) is 0. The molecule has 0 saturated carbocycles. The summed E-state index contributed by atoms with van der Waals surface area (Å²) in [5.41, 5.74) is 0. The minimum atomic E-state index is -4.64. The third kappa shape index (κ3) is 73.3. The first-order chi connectivity index (χ1) is 43.0. The number of allylic oxidation sites excluding steroid dienone is 6. The van der Waals surface area contributed by atoms with E-state index in [1.165, 1.54) is 321 Å². The molecule has 88 heavy (non-hydrogen) atoms. The van der Waals surface area contributed by atoms with Gasteiger partial charge in [0.1, 0.15) is 19.8 Å². The van der Waals surface area contributed by atoms with E-state index in [9.17, 15) is 19.0 Å². The summed E-state index contributed by atoms with van der Waals surface area (Å²) in [6.45, 7) is 4.31. The lowest BCUT2D eigenvalue weighted by atomic mass is 10.0. The number of carbonyl (C=O) groups is 2. The van der Waals surface area contributed by atoms with Crippen molar-refractivity contribution in [3.63, 3.8) is 0 Å². The zero-order chi connectivity index (χ0) is 64.1. The molecule has 0 aromatic carbocycles. The molecule has 0 rings (SSSR count). The Morgan fingerprint density at radius 3 is 0.909 bits per heavy atom. The molecular weight excluding hydrogens is 1110 g/mol. The van der Waals surface area contributed by atoms with Crippen molar-refractivity contribution < 1.29 is 42.1 Å². The van der Waals surface area contributed by atoms with Gasteiger partial charge in [0, 0.05) is 12.8 Å². The molecule has 10 heteroatoms. The Kier molecular flexibility index (Phi) is 68.2. The summed E-state index contributed by atoms with van der Waals surface area (Å²) in [4.78, 5) is 38.1. The maximum atomic E-state index is 12.9. The average Bonchev–Trinajstić information content (AvgIpc) is 3.58. The maximum Gasteiger partial charge on any atom is 0.306 e. The van der Waals surface area contributed by atoms with Gasteiger partial charge in [-0.25, -0.2) is 0 Å². The first-order valence-corrected chi connectivity index (χ1v) is 40.2. The van der Waals surface area contributed by atoms with Gasteiger partial charge in [-0.2, -0.15) is 0 Å².